The van der Waals surface area contributed by atoms with Gasteiger partial charge in [0.2, 0.25) is 0 Å². The molecular weight excluding hydrogens is 250 g/mol. The van der Waals surface area contributed by atoms with Crippen LogP contribution in [0.1, 0.15) is 48.2 Å². The smallest absolute Gasteiger partial charge is 0.253 e. The fraction of sp³-hybridized carbons (Fsp3) is 0.588. The molecule has 3 nitrogen and oxygen atoms in total. The lowest BCUT2D eigenvalue weighted by Gasteiger charge is -2.33. The van der Waals surface area contributed by atoms with E-state index in [1.807, 2.05) is 23.1 Å². The van der Waals surface area contributed by atoms with Gasteiger partial charge in [-0.1, -0.05) is 6.07 Å². The number of aryl methyl sites for hydroxylation is 2. The van der Waals surface area contributed by atoms with E-state index >= 15 is 0 Å². The zero-order chi connectivity index (χ0) is 14.7. The molecule has 0 aliphatic carbocycles. The largest absolute Gasteiger partial charge is 0.375 e. The number of benzene rings is 1. The lowest BCUT2D eigenvalue weighted by molar-refractivity contribution is -0.0236. The van der Waals surface area contributed by atoms with Crippen molar-refractivity contribution in [2.45, 2.75) is 52.7 Å². The number of carbonyl (C=O) groups excluding carboxylic acids is 1. The molecule has 3 heteroatoms. The van der Waals surface area contributed by atoms with Crippen LogP contribution < -0.4 is 0 Å². The normalized spacial score (nSPS) is 16.8. The number of ether oxygens (including phenoxy) is 1. The van der Waals surface area contributed by atoms with Crippen molar-refractivity contribution in [2.24, 2.45) is 0 Å². The molecule has 0 spiro atoms. The Bertz CT molecular complexity index is 474. The molecule has 1 aliphatic rings. The van der Waals surface area contributed by atoms with Crippen LogP contribution in [0.25, 0.3) is 0 Å². The molecule has 110 valence electrons. The fourth-order valence-electron chi connectivity index (χ4n) is 2.64. The maximum atomic E-state index is 12.5. The van der Waals surface area contributed by atoms with E-state index in [-0.39, 0.29) is 12.0 Å². The van der Waals surface area contributed by atoms with Gasteiger partial charge in [0.25, 0.3) is 5.91 Å². The molecule has 2 rings (SSSR count). The first-order valence-corrected chi connectivity index (χ1v) is 7.49. The monoisotopic (exact) mass is 275 g/mol. The van der Waals surface area contributed by atoms with Gasteiger partial charge in [0.15, 0.2) is 0 Å². The fourth-order valence-corrected chi connectivity index (χ4v) is 2.64. The summed E-state index contributed by atoms with van der Waals surface area (Å²) < 4.78 is 5.82. The SMILES string of the molecule is Cc1ccc(C(=O)N2CCC(OC(C)C)CC2)cc1C. The topological polar surface area (TPSA) is 29.5 Å². The number of rotatable bonds is 3. The van der Waals surface area contributed by atoms with E-state index in [0.29, 0.717) is 6.10 Å². The summed E-state index contributed by atoms with van der Waals surface area (Å²) in [7, 11) is 0. The van der Waals surface area contributed by atoms with E-state index < -0.39 is 0 Å². The second kappa shape index (κ2) is 6.40. The molecule has 1 heterocycles. The maximum absolute atomic E-state index is 12.5. The van der Waals surface area contributed by atoms with Gasteiger partial charge >= 0.3 is 0 Å². The van der Waals surface area contributed by atoms with Crippen molar-refractivity contribution in [2.75, 3.05) is 13.1 Å². The number of nitrogens with zero attached hydrogens (tertiary/aromatic N) is 1. The van der Waals surface area contributed by atoms with Gasteiger partial charge in [0.1, 0.15) is 0 Å². The maximum Gasteiger partial charge on any atom is 0.253 e. The van der Waals surface area contributed by atoms with Gasteiger partial charge in [-0.3, -0.25) is 4.79 Å². The molecule has 0 unspecified atom stereocenters. The van der Waals surface area contributed by atoms with Crippen LogP contribution in [-0.4, -0.2) is 36.1 Å². The third kappa shape index (κ3) is 3.60. The second-order valence-corrected chi connectivity index (χ2v) is 5.98. The zero-order valence-corrected chi connectivity index (χ0v) is 13.0. The van der Waals surface area contributed by atoms with E-state index in [4.69, 9.17) is 4.74 Å². The Morgan fingerprint density at radius 1 is 1.20 bits per heavy atom. The van der Waals surface area contributed by atoms with Crippen LogP contribution in [0.4, 0.5) is 0 Å². The summed E-state index contributed by atoms with van der Waals surface area (Å²) in [5.41, 5.74) is 3.20. The van der Waals surface area contributed by atoms with E-state index in [0.717, 1.165) is 31.5 Å². The predicted molar refractivity (Wildman–Crippen MR) is 81.1 cm³/mol. The van der Waals surface area contributed by atoms with Crippen molar-refractivity contribution in [1.29, 1.82) is 0 Å². The first kappa shape index (κ1) is 15.0. The Labute approximate surface area is 121 Å². The Kier molecular flexibility index (Phi) is 4.81. The second-order valence-electron chi connectivity index (χ2n) is 5.98. The number of hydrogen-bond donors (Lipinski definition) is 0. The highest BCUT2D eigenvalue weighted by Crippen LogP contribution is 2.18. The molecule has 20 heavy (non-hydrogen) atoms. The van der Waals surface area contributed by atoms with Crippen molar-refractivity contribution >= 4 is 5.91 Å². The predicted octanol–water partition coefficient (Wildman–Crippen LogP) is 3.33. The minimum atomic E-state index is 0.149. The van der Waals surface area contributed by atoms with Crippen LogP contribution in [-0.2, 0) is 4.74 Å². The van der Waals surface area contributed by atoms with Gasteiger partial charge in [-0.05, 0) is 63.8 Å². The minimum absolute atomic E-state index is 0.149. The first-order chi connectivity index (χ1) is 9.47. The minimum Gasteiger partial charge on any atom is -0.375 e. The first-order valence-electron chi connectivity index (χ1n) is 7.49. The average Bonchev–Trinajstić information content (AvgIpc) is 2.41. The van der Waals surface area contributed by atoms with Crippen LogP contribution >= 0.6 is 0 Å². The van der Waals surface area contributed by atoms with Crippen molar-refractivity contribution in [3.05, 3.63) is 34.9 Å². The summed E-state index contributed by atoms with van der Waals surface area (Å²) >= 11 is 0. The summed E-state index contributed by atoms with van der Waals surface area (Å²) in [6, 6.07) is 5.95. The number of hydrogen-bond acceptors (Lipinski definition) is 2. The molecule has 1 aromatic carbocycles. The number of amides is 1. The highest BCUT2D eigenvalue weighted by atomic mass is 16.5. The van der Waals surface area contributed by atoms with Crippen molar-refractivity contribution in [3.8, 4) is 0 Å². The molecule has 1 saturated heterocycles. The Morgan fingerprint density at radius 2 is 1.85 bits per heavy atom. The van der Waals surface area contributed by atoms with Gasteiger partial charge in [-0.15, -0.1) is 0 Å². The molecule has 0 aromatic heterocycles. The third-order valence-electron chi connectivity index (χ3n) is 3.95. The lowest BCUT2D eigenvalue weighted by atomic mass is 10.0. The summed E-state index contributed by atoms with van der Waals surface area (Å²) in [6.07, 6.45) is 2.45. The van der Waals surface area contributed by atoms with Gasteiger partial charge in [0.05, 0.1) is 12.2 Å². The van der Waals surface area contributed by atoms with Crippen LogP contribution in [0.2, 0.25) is 0 Å². The van der Waals surface area contributed by atoms with E-state index in [1.54, 1.807) is 0 Å². The summed E-state index contributed by atoms with van der Waals surface area (Å²) in [5.74, 6) is 0.149. The molecule has 0 N–H and O–H groups in total. The van der Waals surface area contributed by atoms with Gasteiger partial charge in [-0.2, -0.15) is 0 Å². The van der Waals surface area contributed by atoms with Crippen molar-refractivity contribution in [1.82, 2.24) is 4.90 Å². The van der Waals surface area contributed by atoms with Gasteiger partial charge < -0.3 is 9.64 Å². The number of likely N-dealkylation sites (tertiary alicyclic amines) is 1. The summed E-state index contributed by atoms with van der Waals surface area (Å²) in [6.45, 7) is 9.83. The van der Waals surface area contributed by atoms with Crippen LogP contribution in [0.5, 0.6) is 0 Å². The van der Waals surface area contributed by atoms with Gasteiger partial charge in [0, 0.05) is 18.7 Å². The highest BCUT2D eigenvalue weighted by Gasteiger charge is 2.24. The molecule has 0 saturated carbocycles. The van der Waals surface area contributed by atoms with Crippen molar-refractivity contribution in [3.63, 3.8) is 0 Å². The van der Waals surface area contributed by atoms with Crippen LogP contribution in [0.3, 0.4) is 0 Å². The lowest BCUT2D eigenvalue weighted by Crippen LogP contribution is -2.41. The Hall–Kier alpha value is -1.35. The summed E-state index contributed by atoms with van der Waals surface area (Å²) in [5, 5.41) is 0. The van der Waals surface area contributed by atoms with Gasteiger partial charge in [-0.25, -0.2) is 0 Å². The Balaban J connectivity index is 1.96. The zero-order valence-electron chi connectivity index (χ0n) is 13.0. The molecule has 0 radical (unpaired) electrons. The van der Waals surface area contributed by atoms with Crippen molar-refractivity contribution < 1.29 is 9.53 Å². The Morgan fingerprint density at radius 3 is 2.40 bits per heavy atom. The average molecular weight is 275 g/mol. The van der Waals surface area contributed by atoms with Crippen LogP contribution in [0, 0.1) is 13.8 Å². The molecule has 1 aromatic rings. The molecule has 0 bridgehead atoms. The van der Waals surface area contributed by atoms with E-state index in [2.05, 4.69) is 27.7 Å². The number of piperidine rings is 1. The standard InChI is InChI=1S/C17H25NO2/c1-12(2)20-16-7-9-18(10-8-16)17(19)15-6-5-13(3)14(4)11-15/h5-6,11-12,16H,7-10H2,1-4H3. The third-order valence-corrected chi connectivity index (χ3v) is 3.95. The van der Waals surface area contributed by atoms with E-state index in [1.165, 1.54) is 11.1 Å². The number of carbonyl (C=O) groups is 1. The summed E-state index contributed by atoms with van der Waals surface area (Å²) in [4.78, 5) is 14.4. The molecular formula is C17H25NO2. The molecule has 1 amide bonds. The molecule has 1 aliphatic heterocycles. The molecule has 0 atom stereocenters. The quantitative estimate of drug-likeness (QED) is 0.847. The highest BCUT2D eigenvalue weighted by molar-refractivity contribution is 5.94. The molecule has 1 fully saturated rings. The van der Waals surface area contributed by atoms with Crippen LogP contribution in [0.15, 0.2) is 18.2 Å². The van der Waals surface area contributed by atoms with E-state index in [9.17, 15) is 4.79 Å².